The average molecular weight is 336 g/mol. The van der Waals surface area contributed by atoms with Crippen LogP contribution in [0.4, 0.5) is 4.39 Å². The van der Waals surface area contributed by atoms with Crippen LogP contribution in [0, 0.1) is 18.7 Å². The van der Waals surface area contributed by atoms with Gasteiger partial charge in [-0.3, -0.25) is 0 Å². The van der Waals surface area contributed by atoms with Crippen LogP contribution in [-0.2, 0) is 12.8 Å². The molecule has 0 heterocycles. The summed E-state index contributed by atoms with van der Waals surface area (Å²) in [5.41, 5.74) is 9.48. The molecular weight excluding hydrogens is 317 g/mol. The van der Waals surface area contributed by atoms with Gasteiger partial charge >= 0.3 is 0 Å². The molecule has 0 aliphatic heterocycles. The fourth-order valence-electron chi connectivity index (χ4n) is 2.40. The minimum atomic E-state index is -0.199. The summed E-state index contributed by atoms with van der Waals surface area (Å²) in [5.74, 6) is 0.115. The zero-order chi connectivity index (χ0) is 14.5. The van der Waals surface area contributed by atoms with Gasteiger partial charge in [0.15, 0.2) is 0 Å². The topological polar surface area (TPSA) is 26.0 Å². The molecule has 3 heteroatoms. The van der Waals surface area contributed by atoms with Gasteiger partial charge in [0, 0.05) is 4.47 Å². The molecule has 2 N–H and O–H groups in total. The Kier molecular flexibility index (Phi) is 5.32. The maximum Gasteiger partial charge on any atom is 0.123 e. The van der Waals surface area contributed by atoms with Gasteiger partial charge in [-0.05, 0) is 67.1 Å². The molecule has 2 aromatic carbocycles. The lowest BCUT2D eigenvalue weighted by atomic mass is 9.91. The van der Waals surface area contributed by atoms with E-state index < -0.39 is 0 Å². The maximum absolute atomic E-state index is 13.3. The molecule has 1 atom stereocenters. The summed E-state index contributed by atoms with van der Waals surface area (Å²) in [4.78, 5) is 0. The van der Waals surface area contributed by atoms with Crippen LogP contribution in [0.2, 0.25) is 0 Å². The largest absolute Gasteiger partial charge is 0.330 e. The van der Waals surface area contributed by atoms with E-state index >= 15 is 0 Å². The van der Waals surface area contributed by atoms with E-state index in [1.165, 1.54) is 17.2 Å². The van der Waals surface area contributed by atoms with Crippen molar-refractivity contribution < 1.29 is 4.39 Å². The zero-order valence-electron chi connectivity index (χ0n) is 11.6. The average Bonchev–Trinajstić information content (AvgIpc) is 2.44. The molecule has 2 aromatic rings. The Balaban J connectivity index is 2.13. The second kappa shape index (κ2) is 7.00. The standard InChI is InChI=1S/C17H19BrFN/c1-12-4-2-3-5-14(12)8-13(11-20)9-15-10-16(19)6-7-17(15)18/h2-7,10,13H,8-9,11,20H2,1H3. The molecule has 0 aromatic heterocycles. The first-order chi connectivity index (χ1) is 9.60. The molecule has 1 unspecified atom stereocenters. The van der Waals surface area contributed by atoms with E-state index in [0.29, 0.717) is 12.5 Å². The predicted octanol–water partition coefficient (Wildman–Crippen LogP) is 4.26. The van der Waals surface area contributed by atoms with Gasteiger partial charge in [0.25, 0.3) is 0 Å². The van der Waals surface area contributed by atoms with E-state index in [9.17, 15) is 4.39 Å². The highest BCUT2D eigenvalue weighted by molar-refractivity contribution is 9.10. The van der Waals surface area contributed by atoms with E-state index in [4.69, 9.17) is 5.73 Å². The summed E-state index contributed by atoms with van der Waals surface area (Å²) in [6.45, 7) is 2.71. The Labute approximate surface area is 128 Å². The smallest absolute Gasteiger partial charge is 0.123 e. The Hall–Kier alpha value is -1.19. The van der Waals surface area contributed by atoms with Gasteiger partial charge in [-0.2, -0.15) is 0 Å². The molecule has 1 nitrogen and oxygen atoms in total. The summed E-state index contributed by atoms with van der Waals surface area (Å²) in [5, 5.41) is 0. The third-order valence-electron chi connectivity index (χ3n) is 3.62. The summed E-state index contributed by atoms with van der Waals surface area (Å²) < 4.78 is 14.3. The monoisotopic (exact) mass is 335 g/mol. The highest BCUT2D eigenvalue weighted by Crippen LogP contribution is 2.23. The highest BCUT2D eigenvalue weighted by atomic mass is 79.9. The number of hydrogen-bond donors (Lipinski definition) is 1. The molecule has 0 aliphatic carbocycles. The SMILES string of the molecule is Cc1ccccc1CC(CN)Cc1cc(F)ccc1Br. The molecule has 0 aliphatic rings. The number of nitrogens with two attached hydrogens (primary N) is 1. The zero-order valence-corrected chi connectivity index (χ0v) is 13.2. The molecule has 106 valence electrons. The maximum atomic E-state index is 13.3. The van der Waals surface area contributed by atoms with Crippen LogP contribution in [0.5, 0.6) is 0 Å². The summed E-state index contributed by atoms with van der Waals surface area (Å²) in [6.07, 6.45) is 1.70. The molecular formula is C17H19BrFN. The van der Waals surface area contributed by atoms with E-state index in [0.717, 1.165) is 22.9 Å². The first kappa shape index (κ1) is 15.2. The van der Waals surface area contributed by atoms with E-state index in [2.05, 4.69) is 35.0 Å². The fourth-order valence-corrected chi connectivity index (χ4v) is 2.81. The van der Waals surface area contributed by atoms with Crippen LogP contribution in [-0.4, -0.2) is 6.54 Å². The number of hydrogen-bond acceptors (Lipinski definition) is 1. The number of rotatable bonds is 5. The number of aryl methyl sites for hydroxylation is 1. The Bertz CT molecular complexity index is 583. The van der Waals surface area contributed by atoms with Crippen LogP contribution in [0.15, 0.2) is 46.9 Å². The van der Waals surface area contributed by atoms with Crippen molar-refractivity contribution in [2.75, 3.05) is 6.54 Å². The molecule has 0 saturated carbocycles. The van der Waals surface area contributed by atoms with Gasteiger partial charge in [0.2, 0.25) is 0 Å². The van der Waals surface area contributed by atoms with E-state index in [-0.39, 0.29) is 5.82 Å². The minimum Gasteiger partial charge on any atom is -0.330 e. The van der Waals surface area contributed by atoms with Crippen molar-refractivity contribution in [1.82, 2.24) is 0 Å². The summed E-state index contributed by atoms with van der Waals surface area (Å²) >= 11 is 3.48. The third kappa shape index (κ3) is 3.90. The Morgan fingerprint density at radius 2 is 1.80 bits per heavy atom. The molecule has 0 fully saturated rings. The normalized spacial score (nSPS) is 12.4. The van der Waals surface area contributed by atoms with Gasteiger partial charge in [0.1, 0.15) is 5.82 Å². The molecule has 0 radical (unpaired) electrons. The van der Waals surface area contributed by atoms with Crippen LogP contribution in [0.3, 0.4) is 0 Å². The first-order valence-corrected chi connectivity index (χ1v) is 7.58. The van der Waals surface area contributed by atoms with Gasteiger partial charge in [0.05, 0.1) is 0 Å². The summed E-state index contributed by atoms with van der Waals surface area (Å²) in [7, 11) is 0. The fraction of sp³-hybridized carbons (Fsp3) is 0.294. The van der Waals surface area contributed by atoms with Crippen molar-refractivity contribution in [2.45, 2.75) is 19.8 Å². The van der Waals surface area contributed by atoms with Crippen molar-refractivity contribution in [2.24, 2.45) is 11.7 Å². The van der Waals surface area contributed by atoms with Crippen LogP contribution >= 0.6 is 15.9 Å². The van der Waals surface area contributed by atoms with Crippen molar-refractivity contribution >= 4 is 15.9 Å². The molecule has 20 heavy (non-hydrogen) atoms. The molecule has 0 amide bonds. The Morgan fingerprint density at radius 3 is 2.50 bits per heavy atom. The predicted molar refractivity (Wildman–Crippen MR) is 85.2 cm³/mol. The quantitative estimate of drug-likeness (QED) is 0.868. The molecule has 0 bridgehead atoms. The second-order valence-corrected chi connectivity index (χ2v) is 6.03. The molecule has 0 spiro atoms. The number of halogens is 2. The lowest BCUT2D eigenvalue weighted by Gasteiger charge is -2.17. The van der Waals surface area contributed by atoms with Crippen molar-refractivity contribution in [3.8, 4) is 0 Å². The second-order valence-electron chi connectivity index (χ2n) is 5.17. The lowest BCUT2D eigenvalue weighted by molar-refractivity contribution is 0.528. The van der Waals surface area contributed by atoms with E-state index in [1.807, 2.05) is 12.1 Å². The van der Waals surface area contributed by atoms with E-state index in [1.54, 1.807) is 12.1 Å². The van der Waals surface area contributed by atoms with Gasteiger partial charge < -0.3 is 5.73 Å². The van der Waals surface area contributed by atoms with Crippen LogP contribution in [0.25, 0.3) is 0 Å². The van der Waals surface area contributed by atoms with Crippen molar-refractivity contribution in [3.05, 3.63) is 69.4 Å². The first-order valence-electron chi connectivity index (χ1n) is 6.78. The molecule has 2 rings (SSSR count). The Morgan fingerprint density at radius 1 is 1.10 bits per heavy atom. The van der Waals surface area contributed by atoms with Crippen LogP contribution in [0.1, 0.15) is 16.7 Å². The van der Waals surface area contributed by atoms with Gasteiger partial charge in [-0.15, -0.1) is 0 Å². The highest BCUT2D eigenvalue weighted by Gasteiger charge is 2.13. The number of benzene rings is 2. The van der Waals surface area contributed by atoms with Crippen molar-refractivity contribution in [3.63, 3.8) is 0 Å². The van der Waals surface area contributed by atoms with Gasteiger partial charge in [-0.25, -0.2) is 4.39 Å². The third-order valence-corrected chi connectivity index (χ3v) is 4.39. The van der Waals surface area contributed by atoms with Crippen LogP contribution < -0.4 is 5.73 Å². The molecule has 0 saturated heterocycles. The summed E-state index contributed by atoms with van der Waals surface area (Å²) in [6, 6.07) is 13.1. The lowest BCUT2D eigenvalue weighted by Crippen LogP contribution is -2.20. The minimum absolute atomic E-state index is 0.199. The van der Waals surface area contributed by atoms with Crippen molar-refractivity contribution in [1.29, 1.82) is 0 Å². The van der Waals surface area contributed by atoms with Gasteiger partial charge in [-0.1, -0.05) is 40.2 Å².